The molecule has 0 bridgehead atoms. The summed E-state index contributed by atoms with van der Waals surface area (Å²) in [5, 5.41) is 5.04. The minimum Gasteiger partial charge on any atom is -0.459 e. The minimum atomic E-state index is -1.26. The van der Waals surface area contributed by atoms with Gasteiger partial charge in [0.25, 0.3) is 5.91 Å². The largest absolute Gasteiger partial charge is 0.459 e. The van der Waals surface area contributed by atoms with Crippen LogP contribution in [0.3, 0.4) is 0 Å². The molecule has 1 atom stereocenters. The standard InChI is InChI=1S/C30H29FN4O5/c1-2-35-20-32-17-27(35)23-13-24(15-25(31)14-23)28(36)33-16-26(29(37)39-18-21-9-5-3-6-10-21)34-30(38)40-19-22-11-7-4-8-12-22/h3-15,17,20,26H,2,16,18-19H2,1H3,(H,33,36)(H,34,38)/t26-/m1/s1. The first kappa shape index (κ1) is 28.0. The number of alkyl carbamates (subject to hydrolysis) is 1. The van der Waals surface area contributed by atoms with Crippen LogP contribution in [0, 0.1) is 5.82 Å². The summed E-state index contributed by atoms with van der Waals surface area (Å²) in [7, 11) is 0. The van der Waals surface area contributed by atoms with Crippen LogP contribution in [0.15, 0.2) is 91.4 Å². The molecular formula is C30H29FN4O5. The van der Waals surface area contributed by atoms with E-state index in [0.29, 0.717) is 17.8 Å². The number of hydrogen-bond acceptors (Lipinski definition) is 6. The summed E-state index contributed by atoms with van der Waals surface area (Å²) in [6.07, 6.45) is 2.35. The Kier molecular flexibility index (Phi) is 9.60. The van der Waals surface area contributed by atoms with Gasteiger partial charge in [-0.1, -0.05) is 60.7 Å². The van der Waals surface area contributed by atoms with E-state index in [1.807, 2.05) is 35.8 Å². The number of aryl methyl sites for hydroxylation is 1. The molecular weight excluding hydrogens is 515 g/mol. The highest BCUT2D eigenvalue weighted by Gasteiger charge is 2.25. The number of benzene rings is 3. The van der Waals surface area contributed by atoms with Crippen molar-refractivity contribution in [2.75, 3.05) is 6.54 Å². The maximum atomic E-state index is 14.4. The number of nitrogens with one attached hydrogen (secondary N) is 2. The first-order valence-electron chi connectivity index (χ1n) is 12.7. The summed E-state index contributed by atoms with van der Waals surface area (Å²) in [6.45, 7) is 2.19. The Morgan fingerprint density at radius 1 is 0.925 bits per heavy atom. The molecule has 0 fully saturated rings. The van der Waals surface area contributed by atoms with Crippen molar-refractivity contribution >= 4 is 18.0 Å². The number of esters is 1. The van der Waals surface area contributed by atoms with Crippen molar-refractivity contribution in [2.45, 2.75) is 32.7 Å². The lowest BCUT2D eigenvalue weighted by Crippen LogP contribution is -2.49. The van der Waals surface area contributed by atoms with Gasteiger partial charge < -0.3 is 24.7 Å². The summed E-state index contributed by atoms with van der Waals surface area (Å²) < 4.78 is 26.9. The summed E-state index contributed by atoms with van der Waals surface area (Å²) in [4.78, 5) is 42.5. The van der Waals surface area contributed by atoms with E-state index in [2.05, 4.69) is 15.6 Å². The van der Waals surface area contributed by atoms with Crippen LogP contribution >= 0.6 is 0 Å². The molecule has 4 rings (SSSR count). The van der Waals surface area contributed by atoms with E-state index in [1.54, 1.807) is 48.9 Å². The van der Waals surface area contributed by atoms with Gasteiger partial charge >= 0.3 is 12.1 Å². The Hall–Kier alpha value is -4.99. The molecule has 0 unspecified atom stereocenters. The number of hydrogen-bond donors (Lipinski definition) is 2. The molecule has 2 amide bonds. The number of carbonyl (C=O) groups is 3. The fourth-order valence-corrected chi connectivity index (χ4v) is 3.91. The van der Waals surface area contributed by atoms with E-state index < -0.39 is 29.8 Å². The summed E-state index contributed by atoms with van der Waals surface area (Å²) in [5.74, 6) is -2.01. The lowest BCUT2D eigenvalue weighted by Gasteiger charge is -2.18. The highest BCUT2D eigenvalue weighted by atomic mass is 19.1. The van der Waals surface area contributed by atoms with Crippen LogP contribution in [-0.2, 0) is 34.0 Å². The van der Waals surface area contributed by atoms with Crippen molar-refractivity contribution in [3.8, 4) is 11.3 Å². The molecule has 10 heteroatoms. The van der Waals surface area contributed by atoms with Crippen molar-refractivity contribution in [1.29, 1.82) is 0 Å². The van der Waals surface area contributed by atoms with Crippen LogP contribution < -0.4 is 10.6 Å². The highest BCUT2D eigenvalue weighted by Crippen LogP contribution is 2.22. The summed E-state index contributed by atoms with van der Waals surface area (Å²) in [6, 6.07) is 20.7. The number of halogens is 1. The molecule has 1 heterocycles. The lowest BCUT2D eigenvalue weighted by atomic mass is 10.1. The van der Waals surface area contributed by atoms with Gasteiger partial charge in [0.1, 0.15) is 25.1 Å². The second-order valence-electron chi connectivity index (χ2n) is 8.86. The molecule has 0 spiro atoms. The number of ether oxygens (including phenoxy) is 2. The molecule has 40 heavy (non-hydrogen) atoms. The SMILES string of the molecule is CCn1cncc1-c1cc(F)cc(C(=O)NC[C@@H](NC(=O)OCc2ccccc2)C(=O)OCc2ccccc2)c1. The predicted octanol–water partition coefficient (Wildman–Crippen LogP) is 4.48. The number of carbonyl (C=O) groups excluding carboxylic acids is 3. The Balaban J connectivity index is 1.43. The van der Waals surface area contributed by atoms with Gasteiger partial charge in [-0.25, -0.2) is 19.0 Å². The smallest absolute Gasteiger partial charge is 0.408 e. The Bertz CT molecular complexity index is 1440. The third-order valence-corrected chi connectivity index (χ3v) is 5.99. The van der Waals surface area contributed by atoms with Gasteiger partial charge in [0.05, 0.1) is 18.2 Å². The highest BCUT2D eigenvalue weighted by molar-refractivity contribution is 5.96. The molecule has 0 aliphatic heterocycles. The average Bonchev–Trinajstić information content (AvgIpc) is 3.47. The first-order valence-corrected chi connectivity index (χ1v) is 12.7. The number of rotatable bonds is 11. The van der Waals surface area contributed by atoms with Crippen molar-refractivity contribution in [3.05, 3.63) is 114 Å². The zero-order valence-electron chi connectivity index (χ0n) is 21.9. The maximum Gasteiger partial charge on any atom is 0.408 e. The molecule has 0 saturated heterocycles. The van der Waals surface area contributed by atoms with Crippen LogP contribution in [0.1, 0.15) is 28.4 Å². The monoisotopic (exact) mass is 544 g/mol. The van der Waals surface area contributed by atoms with Gasteiger partial charge in [-0.05, 0) is 36.2 Å². The fraction of sp³-hybridized carbons (Fsp3) is 0.200. The lowest BCUT2D eigenvalue weighted by molar-refractivity contribution is -0.147. The predicted molar refractivity (Wildman–Crippen MR) is 145 cm³/mol. The van der Waals surface area contributed by atoms with Crippen molar-refractivity contribution in [3.63, 3.8) is 0 Å². The van der Waals surface area contributed by atoms with Crippen molar-refractivity contribution in [1.82, 2.24) is 20.2 Å². The first-order chi connectivity index (χ1) is 19.4. The fourth-order valence-electron chi connectivity index (χ4n) is 3.91. The van der Waals surface area contributed by atoms with E-state index in [-0.39, 0.29) is 25.3 Å². The quantitative estimate of drug-likeness (QED) is 0.270. The average molecular weight is 545 g/mol. The third kappa shape index (κ3) is 7.76. The number of amides is 2. The normalized spacial score (nSPS) is 11.3. The third-order valence-electron chi connectivity index (χ3n) is 5.99. The number of nitrogens with zero attached hydrogens (tertiary/aromatic N) is 2. The molecule has 0 radical (unpaired) electrons. The molecule has 3 aromatic carbocycles. The number of imidazole rings is 1. The van der Waals surface area contributed by atoms with Gasteiger partial charge in [0, 0.05) is 24.2 Å². The van der Waals surface area contributed by atoms with E-state index >= 15 is 0 Å². The molecule has 1 aromatic heterocycles. The van der Waals surface area contributed by atoms with Crippen molar-refractivity contribution in [2.24, 2.45) is 0 Å². The van der Waals surface area contributed by atoms with Gasteiger partial charge in [-0.3, -0.25) is 4.79 Å². The van der Waals surface area contributed by atoms with Crippen LogP contribution in [0.5, 0.6) is 0 Å². The summed E-state index contributed by atoms with van der Waals surface area (Å²) >= 11 is 0. The zero-order valence-corrected chi connectivity index (χ0v) is 21.9. The Labute approximate surface area is 231 Å². The van der Waals surface area contributed by atoms with Crippen LogP contribution in [0.25, 0.3) is 11.3 Å². The van der Waals surface area contributed by atoms with E-state index in [9.17, 15) is 18.8 Å². The van der Waals surface area contributed by atoms with Crippen molar-refractivity contribution < 1.29 is 28.2 Å². The van der Waals surface area contributed by atoms with E-state index in [4.69, 9.17) is 9.47 Å². The summed E-state index contributed by atoms with van der Waals surface area (Å²) in [5.41, 5.74) is 2.69. The molecule has 4 aromatic rings. The van der Waals surface area contributed by atoms with Crippen LogP contribution in [0.4, 0.5) is 9.18 Å². The molecule has 0 aliphatic carbocycles. The van der Waals surface area contributed by atoms with E-state index in [1.165, 1.54) is 12.1 Å². The molecule has 0 saturated carbocycles. The topological polar surface area (TPSA) is 112 Å². The second-order valence-corrected chi connectivity index (χ2v) is 8.86. The van der Waals surface area contributed by atoms with Gasteiger partial charge in [0.2, 0.25) is 0 Å². The Morgan fingerprint density at radius 3 is 2.23 bits per heavy atom. The van der Waals surface area contributed by atoms with Gasteiger partial charge in [0.15, 0.2) is 0 Å². The zero-order chi connectivity index (χ0) is 28.3. The molecule has 0 aliphatic rings. The van der Waals surface area contributed by atoms with Gasteiger partial charge in [-0.15, -0.1) is 0 Å². The second kappa shape index (κ2) is 13.7. The maximum absolute atomic E-state index is 14.4. The number of aromatic nitrogens is 2. The Morgan fingerprint density at radius 2 is 1.57 bits per heavy atom. The van der Waals surface area contributed by atoms with Crippen LogP contribution in [0.2, 0.25) is 0 Å². The van der Waals surface area contributed by atoms with E-state index in [0.717, 1.165) is 17.2 Å². The minimum absolute atomic E-state index is 0.00870. The molecule has 206 valence electrons. The molecule has 2 N–H and O–H groups in total. The van der Waals surface area contributed by atoms with Gasteiger partial charge in [-0.2, -0.15) is 0 Å². The molecule has 9 nitrogen and oxygen atoms in total. The van der Waals surface area contributed by atoms with Crippen LogP contribution in [-0.4, -0.2) is 40.1 Å².